The molecular weight excluding hydrogens is 1450 g/mol. The number of rotatable bonds is 40. The maximum atomic E-state index is 6.34. The molecule has 0 aliphatic carbocycles. The van der Waals surface area contributed by atoms with Gasteiger partial charge in [0, 0.05) is 90.6 Å². The lowest BCUT2D eigenvalue weighted by atomic mass is 9.98. The van der Waals surface area contributed by atoms with Crippen molar-refractivity contribution < 1.29 is 18.9 Å². The fourth-order valence-corrected chi connectivity index (χ4v) is 19.7. The second kappa shape index (κ2) is 36.4. The topological polar surface area (TPSA) is 105 Å². The molecule has 0 aliphatic rings. The van der Waals surface area contributed by atoms with Gasteiger partial charge in [-0.2, -0.15) is 8.75 Å². The third kappa shape index (κ3) is 16.6. The zero-order valence-electron chi connectivity index (χ0n) is 66.7. The van der Waals surface area contributed by atoms with Crippen LogP contribution < -0.4 is 28.7 Å². The molecule has 0 radical (unpaired) electrons. The molecule has 12 nitrogen and oxygen atoms in total. The number of nitrogens with zero attached hydrogens (tertiary/aromatic N) is 8. The molecule has 16 aromatic rings. The molecule has 10 aromatic carbocycles. The normalized spacial score (nSPS) is 11.9. The number of aromatic nitrogens is 6. The highest BCUT2D eigenvalue weighted by Gasteiger charge is 2.29. The minimum absolute atomic E-state index is 0.720. The van der Waals surface area contributed by atoms with Crippen LogP contribution in [0.4, 0.5) is 34.1 Å². The molecule has 0 saturated carbocycles. The molecule has 0 aliphatic heterocycles. The number of unbranched alkanes of at least 4 members (excludes halogenated alkanes) is 20. The Bertz CT molecular complexity index is 5420. The minimum atomic E-state index is 0.720. The predicted molar refractivity (Wildman–Crippen MR) is 482 cm³/mol. The Morgan fingerprint density at radius 2 is 0.575 bits per heavy atom. The second-order valence-electron chi connectivity index (χ2n) is 30.7. The lowest BCUT2D eigenvalue weighted by molar-refractivity contribution is 0.304. The van der Waals surface area contributed by atoms with Crippen molar-refractivity contribution in [2.75, 3.05) is 36.2 Å². The number of anilines is 6. The Morgan fingerprint density at radius 3 is 0.894 bits per heavy atom. The molecule has 0 amide bonds. The van der Waals surface area contributed by atoms with Crippen molar-refractivity contribution in [1.82, 2.24) is 27.8 Å². The van der Waals surface area contributed by atoms with Gasteiger partial charge in [0.05, 0.1) is 80.7 Å². The zero-order chi connectivity index (χ0) is 77.0. The number of thiophene rings is 2. The summed E-state index contributed by atoms with van der Waals surface area (Å²) in [7, 11) is 4.40. The summed E-state index contributed by atoms with van der Waals surface area (Å²) in [6.45, 7) is 12.0. The van der Waals surface area contributed by atoms with Gasteiger partial charge in [-0.25, -0.2) is 9.97 Å². The Hall–Kier alpha value is -10.1. The van der Waals surface area contributed by atoms with Gasteiger partial charge in [-0.3, -0.25) is 0 Å². The van der Waals surface area contributed by atoms with Gasteiger partial charge in [0.15, 0.2) is 0 Å². The van der Waals surface area contributed by atoms with Crippen molar-refractivity contribution in [3.8, 4) is 43.9 Å². The predicted octanol–water partition coefficient (Wildman–Crippen LogP) is 29.7. The summed E-state index contributed by atoms with van der Waals surface area (Å²) in [4.78, 5) is 18.7. The van der Waals surface area contributed by atoms with Crippen molar-refractivity contribution in [3.05, 3.63) is 194 Å². The van der Waals surface area contributed by atoms with Gasteiger partial charge >= 0.3 is 0 Å². The van der Waals surface area contributed by atoms with E-state index in [2.05, 4.69) is 255 Å². The third-order valence-electron chi connectivity index (χ3n) is 22.8. The Labute approximate surface area is 677 Å². The van der Waals surface area contributed by atoms with Gasteiger partial charge in [0.1, 0.15) is 45.1 Å². The first-order valence-electron chi connectivity index (χ1n) is 42.0. The van der Waals surface area contributed by atoms with Gasteiger partial charge in [-0.05, 0) is 182 Å². The lowest BCUT2D eigenvalue weighted by Gasteiger charge is -2.26. The van der Waals surface area contributed by atoms with Gasteiger partial charge in [-0.15, -0.1) is 22.7 Å². The van der Waals surface area contributed by atoms with Crippen LogP contribution in [0.1, 0.15) is 182 Å². The minimum Gasteiger partial charge on any atom is -0.494 e. The van der Waals surface area contributed by atoms with Crippen LogP contribution in [0.2, 0.25) is 0 Å². The monoisotopic (exact) mass is 1550 g/mol. The van der Waals surface area contributed by atoms with Crippen LogP contribution in [-0.2, 0) is 14.1 Å². The van der Waals surface area contributed by atoms with Crippen molar-refractivity contribution >= 4 is 165 Å². The quantitative estimate of drug-likeness (QED) is 0.0209. The van der Waals surface area contributed by atoms with Crippen molar-refractivity contribution in [1.29, 1.82) is 0 Å². The number of fused-ring (bicyclic) bond motifs is 14. The fourth-order valence-electron chi connectivity index (χ4n) is 16.6. The number of aryl methyl sites for hydroxylation is 2. The average Bonchev–Trinajstić information content (AvgIpc) is 1.65. The van der Waals surface area contributed by atoms with Crippen LogP contribution in [0, 0.1) is 0 Å². The first-order valence-corrected chi connectivity index (χ1v) is 44.4. The van der Waals surface area contributed by atoms with E-state index in [4.69, 9.17) is 37.7 Å². The Kier molecular flexibility index (Phi) is 24.8. The van der Waals surface area contributed by atoms with E-state index in [1.807, 2.05) is 0 Å². The molecule has 0 atom stereocenters. The van der Waals surface area contributed by atoms with Crippen LogP contribution in [-0.4, -0.2) is 54.3 Å². The van der Waals surface area contributed by atoms with Crippen molar-refractivity contribution in [2.45, 2.75) is 182 Å². The molecule has 0 saturated heterocycles. The molecule has 580 valence electrons. The number of hydrogen-bond donors (Lipinski definition) is 0. The molecule has 6 heterocycles. The van der Waals surface area contributed by atoms with Crippen LogP contribution in [0.25, 0.3) is 118 Å². The summed E-state index contributed by atoms with van der Waals surface area (Å²) in [5.74, 6) is 3.56. The molecule has 113 heavy (non-hydrogen) atoms. The summed E-state index contributed by atoms with van der Waals surface area (Å²) in [6.07, 6.45) is 29.5. The summed E-state index contributed by atoms with van der Waals surface area (Å²) in [5, 5.41) is 6.77. The summed E-state index contributed by atoms with van der Waals surface area (Å²) in [6, 6.07) is 70.4. The number of benzene rings is 10. The van der Waals surface area contributed by atoms with Gasteiger partial charge in [0.25, 0.3) is 0 Å². The fraction of sp³-hybridized carbons (Fsp3) is 0.347. The second-order valence-corrected chi connectivity index (χ2v) is 33.3. The van der Waals surface area contributed by atoms with Crippen LogP contribution in [0.5, 0.6) is 23.0 Å². The first-order chi connectivity index (χ1) is 55.8. The van der Waals surface area contributed by atoms with E-state index in [1.54, 1.807) is 22.7 Å². The van der Waals surface area contributed by atoms with Crippen molar-refractivity contribution in [2.24, 2.45) is 14.1 Å². The highest BCUT2D eigenvalue weighted by Crippen LogP contribution is 2.52. The number of ether oxygens (including phenoxy) is 4. The van der Waals surface area contributed by atoms with E-state index < -0.39 is 0 Å². The molecule has 0 N–H and O–H groups in total. The maximum Gasteiger partial charge on any atom is 0.119 e. The van der Waals surface area contributed by atoms with E-state index in [9.17, 15) is 0 Å². The molecule has 15 heteroatoms. The summed E-state index contributed by atoms with van der Waals surface area (Å²) < 4.78 is 43.0. The standard InChI is InChI=1S/C98H106N8O4S3/c1-7-11-15-19-23-31-59-107-73-49-39-67(40-50-73)105(68-41-51-74(52-42-68)108-60-32-24-20-16-12-8-2)71-47-57-81-83(63-71)103(5)85-65-87(111-97(81)85)89-93-94(100-92-80-38-30-28-36-78(80)77-35-27-29-37-79(77)91(92)99-93)90(96-95(89)101-113-102-96)88-66-86-98(112-88)82-58-48-72(64-84(82)104(86)6)106(69-43-53-75(54-44-69)109-61-33-25-21-17-13-9-3)70-45-55-76(56-46-70)110-62-34-26-22-18-14-10-4/h27-30,35-58,63-66H,7-26,31-34,59-62H2,1-6H3. The number of hydrogen-bond acceptors (Lipinski definition) is 13. The molecule has 0 unspecified atom stereocenters. The molecule has 6 aromatic heterocycles. The van der Waals surface area contributed by atoms with Gasteiger partial charge in [-0.1, -0.05) is 205 Å². The van der Waals surface area contributed by atoms with Gasteiger partial charge in [0.2, 0.25) is 0 Å². The van der Waals surface area contributed by atoms with Crippen molar-refractivity contribution in [3.63, 3.8) is 0 Å². The maximum absolute atomic E-state index is 6.34. The van der Waals surface area contributed by atoms with E-state index >= 15 is 0 Å². The van der Waals surface area contributed by atoms with E-state index in [0.717, 1.165) is 207 Å². The molecular formula is C98H106N8O4S3. The molecule has 0 fully saturated rings. The highest BCUT2D eigenvalue weighted by molar-refractivity contribution is 7.24. The summed E-state index contributed by atoms with van der Waals surface area (Å²) >= 11 is 4.85. The lowest BCUT2D eigenvalue weighted by Crippen LogP contribution is -2.10. The smallest absolute Gasteiger partial charge is 0.119 e. The Morgan fingerprint density at radius 1 is 0.283 bits per heavy atom. The third-order valence-corrected chi connectivity index (χ3v) is 25.6. The van der Waals surface area contributed by atoms with Gasteiger partial charge < -0.3 is 37.9 Å². The van der Waals surface area contributed by atoms with E-state index in [1.165, 1.54) is 160 Å². The average molecular weight is 1560 g/mol. The van der Waals surface area contributed by atoms with Crippen LogP contribution >= 0.6 is 34.4 Å². The molecule has 0 spiro atoms. The zero-order valence-corrected chi connectivity index (χ0v) is 69.2. The van der Waals surface area contributed by atoms with E-state index in [0.29, 0.717) is 0 Å². The van der Waals surface area contributed by atoms with Crippen LogP contribution in [0.3, 0.4) is 0 Å². The molecule has 0 bridgehead atoms. The SMILES string of the molecule is CCCCCCCCOc1ccc(N(c2ccc(OCCCCCCCC)cc2)c2ccc3c4sc(-c5c6nsnc6c(-c6cc7c(s6)c6ccc(N(c8ccc(OCCCCCCCC)cc8)c8ccc(OCCCCCCCC)cc8)cc6n7C)c6nc7c8ccccc8c8ccccc8c7nc56)cc4n(C)c3c2)cc1. The summed E-state index contributed by atoms with van der Waals surface area (Å²) in [5.41, 5.74) is 17.7. The largest absolute Gasteiger partial charge is 0.494 e. The molecule has 16 rings (SSSR count). The Balaban J connectivity index is 0.763. The van der Waals surface area contributed by atoms with E-state index in [-0.39, 0.29) is 0 Å². The van der Waals surface area contributed by atoms with Crippen LogP contribution in [0.15, 0.2) is 194 Å². The highest BCUT2D eigenvalue weighted by atomic mass is 32.1. The first kappa shape index (κ1) is 76.9.